The third kappa shape index (κ3) is 3.67. The van der Waals surface area contributed by atoms with Crippen LogP contribution in [0.25, 0.3) is 0 Å². The van der Waals surface area contributed by atoms with E-state index in [0.29, 0.717) is 12.0 Å². The Kier molecular flexibility index (Phi) is 4.82. The van der Waals surface area contributed by atoms with Gasteiger partial charge < -0.3 is 5.32 Å². The summed E-state index contributed by atoms with van der Waals surface area (Å²) >= 11 is 0. The Hall–Kier alpha value is -0.830. The summed E-state index contributed by atoms with van der Waals surface area (Å²) in [6.07, 6.45) is 4.11. The van der Waals surface area contributed by atoms with Crippen LogP contribution >= 0.6 is 0 Å². The van der Waals surface area contributed by atoms with Crippen LogP contribution in [0.15, 0.2) is 12.3 Å². The van der Waals surface area contributed by atoms with Gasteiger partial charge in [-0.25, -0.2) is 0 Å². The predicted octanol–water partition coefficient (Wildman–Crippen LogP) is 1.99. The molecule has 0 radical (unpaired) electrons. The van der Waals surface area contributed by atoms with Crippen molar-refractivity contribution in [2.75, 3.05) is 6.54 Å². The van der Waals surface area contributed by atoms with E-state index in [2.05, 4.69) is 37.3 Å². The van der Waals surface area contributed by atoms with Crippen molar-refractivity contribution in [2.45, 2.75) is 39.7 Å². The molecular formula is C12H23N3. The quantitative estimate of drug-likeness (QED) is 0.776. The summed E-state index contributed by atoms with van der Waals surface area (Å²) in [5.41, 5.74) is 1.29. The van der Waals surface area contributed by atoms with Crippen molar-refractivity contribution in [3.63, 3.8) is 0 Å². The fraction of sp³-hybridized carbons (Fsp3) is 0.750. The predicted molar refractivity (Wildman–Crippen MR) is 63.8 cm³/mol. The van der Waals surface area contributed by atoms with Gasteiger partial charge in [0, 0.05) is 37.9 Å². The highest BCUT2D eigenvalue weighted by atomic mass is 15.3. The van der Waals surface area contributed by atoms with Crippen LogP contribution in [-0.4, -0.2) is 22.4 Å². The molecule has 1 unspecified atom stereocenters. The average Bonchev–Trinajstić information content (AvgIpc) is 2.58. The van der Waals surface area contributed by atoms with E-state index in [1.54, 1.807) is 0 Å². The first kappa shape index (κ1) is 12.2. The summed E-state index contributed by atoms with van der Waals surface area (Å²) in [6.45, 7) is 7.81. The molecule has 0 fully saturated rings. The summed E-state index contributed by atoms with van der Waals surface area (Å²) in [6, 6.07) is 2.72. The molecule has 0 saturated heterocycles. The minimum Gasteiger partial charge on any atom is -0.313 e. The molecule has 1 rings (SSSR count). The number of aromatic nitrogens is 2. The van der Waals surface area contributed by atoms with Crippen molar-refractivity contribution < 1.29 is 0 Å². The maximum atomic E-state index is 4.16. The lowest BCUT2D eigenvalue weighted by Gasteiger charge is -2.20. The SMILES string of the molecule is CCC(NCCc1ccnn1C)C(C)C. The molecule has 1 N–H and O–H groups in total. The van der Waals surface area contributed by atoms with Crippen molar-refractivity contribution >= 4 is 0 Å². The van der Waals surface area contributed by atoms with E-state index in [1.807, 2.05) is 17.9 Å². The molecule has 1 aromatic rings. The second kappa shape index (κ2) is 5.91. The largest absolute Gasteiger partial charge is 0.313 e. The standard InChI is InChI=1S/C12H23N3/c1-5-12(10(2)3)13-8-6-11-7-9-14-15(11)4/h7,9-10,12-13H,5-6,8H2,1-4H3. The molecule has 1 atom stereocenters. The zero-order valence-electron chi connectivity index (χ0n) is 10.3. The highest BCUT2D eigenvalue weighted by Crippen LogP contribution is 2.05. The molecule has 3 heteroatoms. The van der Waals surface area contributed by atoms with Crippen molar-refractivity contribution in [1.82, 2.24) is 15.1 Å². The minimum atomic E-state index is 0.637. The summed E-state index contributed by atoms with van der Waals surface area (Å²) in [4.78, 5) is 0. The molecule has 86 valence electrons. The van der Waals surface area contributed by atoms with Crippen LogP contribution in [0.2, 0.25) is 0 Å². The van der Waals surface area contributed by atoms with Crippen molar-refractivity contribution in [3.05, 3.63) is 18.0 Å². The maximum absolute atomic E-state index is 4.16. The lowest BCUT2D eigenvalue weighted by molar-refractivity contribution is 0.390. The van der Waals surface area contributed by atoms with Gasteiger partial charge >= 0.3 is 0 Å². The van der Waals surface area contributed by atoms with Gasteiger partial charge in [0.25, 0.3) is 0 Å². The van der Waals surface area contributed by atoms with Crippen LogP contribution in [0.3, 0.4) is 0 Å². The topological polar surface area (TPSA) is 29.9 Å². The van der Waals surface area contributed by atoms with Gasteiger partial charge in [-0.3, -0.25) is 4.68 Å². The Bertz CT molecular complexity index is 278. The van der Waals surface area contributed by atoms with E-state index in [9.17, 15) is 0 Å². The second-order valence-electron chi connectivity index (χ2n) is 4.41. The molecule has 1 aromatic heterocycles. The van der Waals surface area contributed by atoms with Gasteiger partial charge in [-0.15, -0.1) is 0 Å². The number of rotatable bonds is 6. The first-order valence-corrected chi connectivity index (χ1v) is 5.85. The smallest absolute Gasteiger partial charge is 0.0492 e. The molecular weight excluding hydrogens is 186 g/mol. The molecule has 3 nitrogen and oxygen atoms in total. The van der Waals surface area contributed by atoms with Gasteiger partial charge in [-0.2, -0.15) is 5.10 Å². The van der Waals surface area contributed by atoms with E-state index in [4.69, 9.17) is 0 Å². The first-order valence-electron chi connectivity index (χ1n) is 5.85. The summed E-state index contributed by atoms with van der Waals surface area (Å²) in [5.74, 6) is 0.710. The molecule has 1 heterocycles. The van der Waals surface area contributed by atoms with Gasteiger partial charge in [0.1, 0.15) is 0 Å². The van der Waals surface area contributed by atoms with Gasteiger partial charge in [-0.05, 0) is 18.4 Å². The molecule has 0 aliphatic carbocycles. The number of hydrogen-bond donors (Lipinski definition) is 1. The fourth-order valence-corrected chi connectivity index (χ4v) is 1.88. The van der Waals surface area contributed by atoms with Crippen LogP contribution in [0.1, 0.15) is 32.9 Å². The van der Waals surface area contributed by atoms with E-state index < -0.39 is 0 Å². The van der Waals surface area contributed by atoms with Crippen LogP contribution in [0.5, 0.6) is 0 Å². The van der Waals surface area contributed by atoms with E-state index in [0.717, 1.165) is 13.0 Å². The Morgan fingerprint density at radius 2 is 2.20 bits per heavy atom. The molecule has 15 heavy (non-hydrogen) atoms. The van der Waals surface area contributed by atoms with Gasteiger partial charge in [0.2, 0.25) is 0 Å². The number of nitrogens with zero attached hydrogens (tertiary/aromatic N) is 2. The molecule has 0 aromatic carbocycles. The first-order chi connectivity index (χ1) is 7.15. The Morgan fingerprint density at radius 3 is 2.67 bits per heavy atom. The van der Waals surface area contributed by atoms with Crippen LogP contribution in [-0.2, 0) is 13.5 Å². The summed E-state index contributed by atoms with van der Waals surface area (Å²) < 4.78 is 1.94. The molecule has 0 aliphatic rings. The summed E-state index contributed by atoms with van der Waals surface area (Å²) in [5, 5.41) is 7.75. The van der Waals surface area contributed by atoms with Crippen molar-refractivity contribution in [1.29, 1.82) is 0 Å². The van der Waals surface area contributed by atoms with Gasteiger partial charge in [0.15, 0.2) is 0 Å². The van der Waals surface area contributed by atoms with E-state index >= 15 is 0 Å². The summed E-state index contributed by atoms with van der Waals surface area (Å²) in [7, 11) is 2.00. The van der Waals surface area contributed by atoms with Crippen LogP contribution in [0, 0.1) is 5.92 Å². The number of nitrogens with one attached hydrogen (secondary N) is 1. The zero-order chi connectivity index (χ0) is 11.3. The average molecular weight is 209 g/mol. The Balaban J connectivity index is 2.29. The van der Waals surface area contributed by atoms with Crippen molar-refractivity contribution in [3.8, 4) is 0 Å². The lowest BCUT2D eigenvalue weighted by atomic mass is 10.0. The molecule has 0 bridgehead atoms. The molecule has 0 amide bonds. The third-order valence-corrected chi connectivity index (χ3v) is 2.95. The lowest BCUT2D eigenvalue weighted by Crippen LogP contribution is -2.34. The van der Waals surface area contributed by atoms with E-state index in [-0.39, 0.29) is 0 Å². The molecule has 0 saturated carbocycles. The fourth-order valence-electron chi connectivity index (χ4n) is 1.88. The highest BCUT2D eigenvalue weighted by molar-refractivity contribution is 5.00. The number of hydrogen-bond acceptors (Lipinski definition) is 2. The van der Waals surface area contributed by atoms with Gasteiger partial charge in [-0.1, -0.05) is 20.8 Å². The van der Waals surface area contributed by atoms with Crippen LogP contribution in [0.4, 0.5) is 0 Å². The second-order valence-corrected chi connectivity index (χ2v) is 4.41. The van der Waals surface area contributed by atoms with Crippen LogP contribution < -0.4 is 5.32 Å². The minimum absolute atomic E-state index is 0.637. The Labute approximate surface area is 92.9 Å². The third-order valence-electron chi connectivity index (χ3n) is 2.95. The molecule has 0 aliphatic heterocycles. The highest BCUT2D eigenvalue weighted by Gasteiger charge is 2.09. The zero-order valence-corrected chi connectivity index (χ0v) is 10.3. The monoisotopic (exact) mass is 209 g/mol. The van der Waals surface area contributed by atoms with Gasteiger partial charge in [0.05, 0.1) is 0 Å². The van der Waals surface area contributed by atoms with E-state index in [1.165, 1.54) is 12.1 Å². The normalized spacial score (nSPS) is 13.4. The Morgan fingerprint density at radius 1 is 1.47 bits per heavy atom. The van der Waals surface area contributed by atoms with Crippen molar-refractivity contribution in [2.24, 2.45) is 13.0 Å². The maximum Gasteiger partial charge on any atom is 0.0492 e. The molecule has 0 spiro atoms. The number of aryl methyl sites for hydroxylation is 1.